The fourth-order valence-electron chi connectivity index (χ4n) is 3.15. The fraction of sp³-hybridized carbons (Fsp3) is 0.250. The summed E-state index contributed by atoms with van der Waals surface area (Å²) < 4.78 is 13.7. The maximum absolute atomic E-state index is 13.7. The van der Waals surface area contributed by atoms with Crippen LogP contribution in [0.1, 0.15) is 12.8 Å². The molecule has 0 bridgehead atoms. The number of hydrogen-bond donors (Lipinski definition) is 1. The van der Waals surface area contributed by atoms with Crippen LogP contribution >= 0.6 is 0 Å². The smallest absolute Gasteiger partial charge is 0.162 e. The van der Waals surface area contributed by atoms with Gasteiger partial charge in [0.1, 0.15) is 11.6 Å². The minimum atomic E-state index is -0.300. The lowest BCUT2D eigenvalue weighted by atomic mass is 10.1. The molecule has 1 saturated heterocycles. The van der Waals surface area contributed by atoms with E-state index >= 15 is 0 Å². The third-order valence-electron chi connectivity index (χ3n) is 4.64. The highest BCUT2D eigenvalue weighted by molar-refractivity contribution is 5.67. The van der Waals surface area contributed by atoms with Crippen molar-refractivity contribution >= 4 is 5.82 Å². The van der Waals surface area contributed by atoms with Crippen LogP contribution in [0.15, 0.2) is 54.9 Å². The molecule has 1 aliphatic rings. The highest BCUT2D eigenvalue weighted by Crippen LogP contribution is 2.27. The molecule has 2 aromatic heterocycles. The van der Waals surface area contributed by atoms with Crippen molar-refractivity contribution in [1.29, 1.82) is 0 Å². The van der Waals surface area contributed by atoms with E-state index in [4.69, 9.17) is 10.7 Å². The molecule has 1 fully saturated rings. The molecule has 0 radical (unpaired) electrons. The summed E-state index contributed by atoms with van der Waals surface area (Å²) in [5.74, 6) is 1.06. The lowest BCUT2D eigenvalue weighted by Gasteiger charge is -2.31. The minimum Gasteiger partial charge on any atom is -0.356 e. The van der Waals surface area contributed by atoms with Gasteiger partial charge in [-0.25, -0.2) is 14.4 Å². The topological polar surface area (TPSA) is 67.9 Å². The van der Waals surface area contributed by atoms with Crippen molar-refractivity contribution in [1.82, 2.24) is 15.0 Å². The molecule has 0 atom stereocenters. The molecule has 0 saturated carbocycles. The average molecular weight is 349 g/mol. The molecule has 3 aromatic rings. The number of halogens is 1. The Labute approximate surface area is 151 Å². The maximum atomic E-state index is 13.7. The highest BCUT2D eigenvalue weighted by Gasteiger charge is 2.19. The molecule has 0 amide bonds. The molecule has 1 aliphatic heterocycles. The van der Waals surface area contributed by atoms with Crippen LogP contribution < -0.4 is 10.6 Å². The van der Waals surface area contributed by atoms with Gasteiger partial charge in [-0.1, -0.05) is 12.1 Å². The average Bonchev–Trinajstić information content (AvgIpc) is 2.69. The largest absolute Gasteiger partial charge is 0.356 e. The maximum Gasteiger partial charge on any atom is 0.162 e. The fourth-order valence-corrected chi connectivity index (χ4v) is 3.15. The summed E-state index contributed by atoms with van der Waals surface area (Å²) >= 11 is 0. The number of pyridine rings is 1. The van der Waals surface area contributed by atoms with Gasteiger partial charge >= 0.3 is 0 Å². The molecule has 26 heavy (non-hydrogen) atoms. The minimum absolute atomic E-state index is 0.246. The van der Waals surface area contributed by atoms with Crippen molar-refractivity contribution < 1.29 is 4.39 Å². The first-order chi connectivity index (χ1) is 12.7. The van der Waals surface area contributed by atoms with Crippen molar-refractivity contribution in [3.63, 3.8) is 0 Å². The van der Waals surface area contributed by atoms with Gasteiger partial charge in [0.05, 0.1) is 5.69 Å². The number of anilines is 1. The van der Waals surface area contributed by atoms with Crippen molar-refractivity contribution in [2.75, 3.05) is 18.0 Å². The Morgan fingerprint density at radius 3 is 2.46 bits per heavy atom. The summed E-state index contributed by atoms with van der Waals surface area (Å²) in [5, 5.41) is 0. The third-order valence-corrected chi connectivity index (χ3v) is 4.64. The van der Waals surface area contributed by atoms with Gasteiger partial charge in [-0.15, -0.1) is 0 Å². The first kappa shape index (κ1) is 16.6. The van der Waals surface area contributed by atoms with Gasteiger partial charge in [0.25, 0.3) is 0 Å². The van der Waals surface area contributed by atoms with Crippen molar-refractivity contribution in [2.24, 2.45) is 5.73 Å². The SMILES string of the molecule is NC1CCN(c2cc(-c3ccncc3)nc(-c3cccc(F)c3)n2)CC1. The molecule has 4 rings (SSSR count). The summed E-state index contributed by atoms with van der Waals surface area (Å²) in [6.45, 7) is 1.72. The van der Waals surface area contributed by atoms with E-state index in [9.17, 15) is 4.39 Å². The van der Waals surface area contributed by atoms with Crippen LogP contribution in [-0.4, -0.2) is 34.1 Å². The summed E-state index contributed by atoms with van der Waals surface area (Å²) in [4.78, 5) is 15.7. The lowest BCUT2D eigenvalue weighted by Crippen LogP contribution is -2.40. The van der Waals surface area contributed by atoms with Gasteiger partial charge < -0.3 is 10.6 Å². The molecular formula is C20H20FN5. The van der Waals surface area contributed by atoms with E-state index in [0.29, 0.717) is 11.4 Å². The van der Waals surface area contributed by atoms with Gasteiger partial charge in [-0.3, -0.25) is 4.98 Å². The second kappa shape index (κ2) is 7.17. The van der Waals surface area contributed by atoms with E-state index in [1.54, 1.807) is 18.5 Å². The molecule has 0 spiro atoms. The van der Waals surface area contributed by atoms with Crippen LogP contribution in [-0.2, 0) is 0 Å². The zero-order valence-corrected chi connectivity index (χ0v) is 14.3. The summed E-state index contributed by atoms with van der Waals surface area (Å²) in [6.07, 6.45) is 5.34. The number of aromatic nitrogens is 3. The van der Waals surface area contributed by atoms with Crippen LogP contribution in [0.3, 0.4) is 0 Å². The quantitative estimate of drug-likeness (QED) is 0.786. The van der Waals surface area contributed by atoms with Crippen LogP contribution in [0.5, 0.6) is 0 Å². The van der Waals surface area contributed by atoms with E-state index in [-0.39, 0.29) is 11.9 Å². The number of nitrogens with zero attached hydrogens (tertiary/aromatic N) is 4. The van der Waals surface area contributed by atoms with Gasteiger partial charge in [0.15, 0.2) is 5.82 Å². The molecule has 3 heterocycles. The van der Waals surface area contributed by atoms with Gasteiger partial charge in [0.2, 0.25) is 0 Å². The Morgan fingerprint density at radius 2 is 1.73 bits per heavy atom. The van der Waals surface area contributed by atoms with Crippen LogP contribution in [0.2, 0.25) is 0 Å². The monoisotopic (exact) mass is 349 g/mol. The van der Waals surface area contributed by atoms with E-state index in [0.717, 1.165) is 43.0 Å². The molecule has 0 aliphatic carbocycles. The molecule has 0 unspecified atom stereocenters. The second-order valence-corrected chi connectivity index (χ2v) is 6.51. The number of nitrogens with two attached hydrogens (primary N) is 1. The zero-order chi connectivity index (χ0) is 17.9. The van der Waals surface area contributed by atoms with Crippen molar-refractivity contribution in [3.05, 3.63) is 60.7 Å². The van der Waals surface area contributed by atoms with Crippen LogP contribution in [0.25, 0.3) is 22.6 Å². The lowest BCUT2D eigenvalue weighted by molar-refractivity contribution is 0.498. The van der Waals surface area contributed by atoms with E-state index in [1.165, 1.54) is 12.1 Å². The van der Waals surface area contributed by atoms with Crippen molar-refractivity contribution in [3.8, 4) is 22.6 Å². The first-order valence-electron chi connectivity index (χ1n) is 8.75. The second-order valence-electron chi connectivity index (χ2n) is 6.51. The van der Waals surface area contributed by atoms with E-state index in [1.807, 2.05) is 24.3 Å². The Hall–Kier alpha value is -2.86. The molecule has 2 N–H and O–H groups in total. The molecular weight excluding hydrogens is 329 g/mol. The van der Waals surface area contributed by atoms with E-state index in [2.05, 4.69) is 14.9 Å². The normalized spacial score (nSPS) is 15.2. The number of benzene rings is 1. The van der Waals surface area contributed by atoms with Gasteiger partial charge in [-0.05, 0) is 37.1 Å². The Morgan fingerprint density at radius 1 is 0.962 bits per heavy atom. The Balaban J connectivity index is 1.79. The van der Waals surface area contributed by atoms with Crippen LogP contribution in [0, 0.1) is 5.82 Å². The van der Waals surface area contributed by atoms with E-state index < -0.39 is 0 Å². The predicted molar refractivity (Wildman–Crippen MR) is 100 cm³/mol. The summed E-state index contributed by atoms with van der Waals surface area (Å²) in [7, 11) is 0. The van der Waals surface area contributed by atoms with Crippen molar-refractivity contribution in [2.45, 2.75) is 18.9 Å². The first-order valence-corrected chi connectivity index (χ1v) is 8.75. The van der Waals surface area contributed by atoms with Gasteiger partial charge in [-0.2, -0.15) is 0 Å². The Bertz CT molecular complexity index is 892. The number of hydrogen-bond acceptors (Lipinski definition) is 5. The zero-order valence-electron chi connectivity index (χ0n) is 14.3. The number of piperidine rings is 1. The molecule has 1 aromatic carbocycles. The predicted octanol–water partition coefficient (Wildman–Crippen LogP) is 3.27. The molecule has 5 nitrogen and oxygen atoms in total. The van der Waals surface area contributed by atoms with Crippen LogP contribution in [0.4, 0.5) is 10.2 Å². The van der Waals surface area contributed by atoms with Gasteiger partial charge in [0, 0.05) is 48.7 Å². The summed E-state index contributed by atoms with van der Waals surface area (Å²) in [5.41, 5.74) is 8.44. The third kappa shape index (κ3) is 3.55. The standard InChI is InChI=1S/C20H20FN5/c21-16-3-1-2-15(12-16)20-24-18(14-4-8-23-9-5-14)13-19(25-20)26-10-6-17(22)7-11-26/h1-5,8-9,12-13,17H,6-7,10-11,22H2. The summed E-state index contributed by atoms with van der Waals surface area (Å²) in [6, 6.07) is 12.4. The Kier molecular flexibility index (Phi) is 4.58. The molecule has 6 heteroatoms. The highest BCUT2D eigenvalue weighted by atomic mass is 19.1. The number of rotatable bonds is 3. The molecule has 132 valence electrons.